The van der Waals surface area contributed by atoms with Gasteiger partial charge in [0.2, 0.25) is 5.69 Å². The van der Waals surface area contributed by atoms with Gasteiger partial charge in [0, 0.05) is 74.5 Å². The number of benzene rings is 2. The maximum atomic E-state index is 9.28. The Kier molecular flexibility index (Phi) is 16.8. The molecule has 0 atom stereocenters. The van der Waals surface area contributed by atoms with Crippen molar-refractivity contribution in [2.75, 3.05) is 68.2 Å². The summed E-state index contributed by atoms with van der Waals surface area (Å²) in [4.78, 5) is 8.62. The number of aliphatic imine (C=N–C) groups is 1. The van der Waals surface area contributed by atoms with Crippen LogP contribution in [0.5, 0.6) is 0 Å². The smallest absolute Gasteiger partial charge is 0.205 e. The zero-order valence-electron chi connectivity index (χ0n) is 25.8. The van der Waals surface area contributed by atoms with Gasteiger partial charge in [0.1, 0.15) is 6.61 Å². The number of aromatic nitrogens is 1. The maximum Gasteiger partial charge on any atom is 0.205 e. The third kappa shape index (κ3) is 13.4. The first-order chi connectivity index (χ1) is 21.6. The fourth-order valence-corrected chi connectivity index (χ4v) is 6.23. The second-order valence-corrected chi connectivity index (χ2v) is 12.7. The van der Waals surface area contributed by atoms with Gasteiger partial charge in [-0.15, -0.1) is 0 Å². The third-order valence-corrected chi connectivity index (χ3v) is 9.05. The van der Waals surface area contributed by atoms with Gasteiger partial charge in [0.25, 0.3) is 0 Å². The lowest BCUT2D eigenvalue weighted by molar-refractivity contribution is -0.699. The molecule has 0 radical (unpaired) electrons. The van der Waals surface area contributed by atoms with Gasteiger partial charge < -0.3 is 20.0 Å². The van der Waals surface area contributed by atoms with Gasteiger partial charge in [0.15, 0.2) is 12.7 Å². The van der Waals surface area contributed by atoms with Gasteiger partial charge >= 0.3 is 0 Å². The van der Waals surface area contributed by atoms with E-state index < -0.39 is 0 Å². The van der Waals surface area contributed by atoms with Crippen molar-refractivity contribution in [3.05, 3.63) is 120 Å². The molecule has 0 amide bonds. The van der Waals surface area contributed by atoms with Crippen LogP contribution in [0.4, 0.5) is 11.4 Å². The van der Waals surface area contributed by atoms with Crippen molar-refractivity contribution >= 4 is 57.4 Å². The Bertz CT molecular complexity index is 1370. The fraction of sp³-hybridized carbons (Fsp3) is 0.278. The summed E-state index contributed by atoms with van der Waals surface area (Å²) in [5, 5.41) is 18.0. The number of pyridine rings is 1. The molecular weight excluding hydrogens is 585 g/mol. The molecule has 8 heteroatoms. The van der Waals surface area contributed by atoms with Crippen molar-refractivity contribution in [1.29, 1.82) is 0 Å². The van der Waals surface area contributed by atoms with E-state index in [-0.39, 0.29) is 13.2 Å². The Morgan fingerprint density at radius 3 is 1.89 bits per heavy atom. The standard InChI is InChI=1S/C36H45N4O2S2/c1-38(34-17-12-32(13-18-34)10-6-4-3-5-8-22-37-23-28-41)26-30-43-44-31-27-39(2)35-19-14-33(15-20-35)16-21-36-11-7-9-24-40(36)25-29-42/h3-22,24,41-42H,23,25-31H2,1-2H3/q+1/b4-3+,8-5-,10-6+,37-22?. The fourth-order valence-electron chi connectivity index (χ4n) is 4.14. The number of aliphatic hydroxyl groups is 2. The molecule has 0 unspecified atom stereocenters. The molecule has 0 aliphatic rings. The zero-order valence-corrected chi connectivity index (χ0v) is 27.4. The number of hydrogen-bond acceptors (Lipinski definition) is 7. The summed E-state index contributed by atoms with van der Waals surface area (Å²) in [6.45, 7) is 3.23. The van der Waals surface area contributed by atoms with Gasteiger partial charge in [-0.2, -0.15) is 4.57 Å². The third-order valence-electron chi connectivity index (χ3n) is 6.69. The second-order valence-electron chi connectivity index (χ2n) is 9.95. The van der Waals surface area contributed by atoms with E-state index in [1.807, 2.05) is 74.9 Å². The highest BCUT2D eigenvalue weighted by atomic mass is 33.1. The first kappa shape index (κ1) is 34.9. The van der Waals surface area contributed by atoms with E-state index in [0.29, 0.717) is 13.1 Å². The summed E-state index contributed by atoms with van der Waals surface area (Å²) >= 11 is 0. The second kappa shape index (κ2) is 21.2. The highest BCUT2D eigenvalue weighted by Gasteiger charge is 2.06. The lowest BCUT2D eigenvalue weighted by Crippen LogP contribution is -2.38. The van der Waals surface area contributed by atoms with Gasteiger partial charge in [-0.25, -0.2) is 0 Å². The van der Waals surface area contributed by atoms with Crippen molar-refractivity contribution in [2.24, 2.45) is 4.99 Å². The van der Waals surface area contributed by atoms with Gasteiger partial charge in [-0.1, -0.05) is 76.2 Å². The molecular formula is C36H45N4O2S2+. The number of anilines is 2. The number of aliphatic hydroxyl groups excluding tert-OH is 2. The van der Waals surface area contributed by atoms with E-state index in [2.05, 4.69) is 102 Å². The van der Waals surface area contributed by atoms with Crippen molar-refractivity contribution in [2.45, 2.75) is 6.54 Å². The largest absolute Gasteiger partial charge is 0.394 e. The first-order valence-electron chi connectivity index (χ1n) is 14.9. The van der Waals surface area contributed by atoms with E-state index >= 15 is 0 Å². The molecule has 0 saturated carbocycles. The molecule has 6 nitrogen and oxygen atoms in total. The topological polar surface area (TPSA) is 63.2 Å². The quantitative estimate of drug-likeness (QED) is 0.0535. The van der Waals surface area contributed by atoms with Crippen molar-refractivity contribution in [3.63, 3.8) is 0 Å². The van der Waals surface area contributed by atoms with Gasteiger partial charge in [0.05, 0.1) is 13.2 Å². The molecule has 2 N–H and O–H groups in total. The van der Waals surface area contributed by atoms with Crippen molar-refractivity contribution < 1.29 is 14.8 Å². The van der Waals surface area contributed by atoms with E-state index in [1.165, 1.54) is 16.9 Å². The number of allylic oxidation sites excluding steroid dienone is 5. The van der Waals surface area contributed by atoms with E-state index in [9.17, 15) is 5.11 Å². The Labute approximate surface area is 271 Å². The van der Waals surface area contributed by atoms with Crippen LogP contribution in [-0.2, 0) is 6.54 Å². The first-order valence-corrected chi connectivity index (χ1v) is 17.3. The van der Waals surface area contributed by atoms with Crippen LogP contribution in [0.1, 0.15) is 16.8 Å². The molecule has 0 fully saturated rings. The molecule has 0 saturated heterocycles. The Morgan fingerprint density at radius 2 is 1.27 bits per heavy atom. The molecule has 1 heterocycles. The SMILES string of the molecule is CN(CCSSCCN(C)c1ccc(/C=C/c2cccc[n+]2CCO)cc1)c1ccc(/C=C/C=C/C=C\C=NCCO)cc1. The normalized spacial score (nSPS) is 12.1. The van der Waals surface area contributed by atoms with E-state index in [4.69, 9.17) is 5.11 Å². The molecule has 44 heavy (non-hydrogen) atoms. The monoisotopic (exact) mass is 629 g/mol. The van der Waals surface area contributed by atoms with Crippen molar-refractivity contribution in [3.8, 4) is 0 Å². The lowest BCUT2D eigenvalue weighted by atomic mass is 10.1. The summed E-state index contributed by atoms with van der Waals surface area (Å²) in [6, 6.07) is 23.3. The average molecular weight is 630 g/mol. The highest BCUT2D eigenvalue weighted by Crippen LogP contribution is 2.23. The minimum Gasteiger partial charge on any atom is -0.394 e. The Hall–Kier alpha value is -3.56. The lowest BCUT2D eigenvalue weighted by Gasteiger charge is -2.20. The number of rotatable bonds is 19. The van der Waals surface area contributed by atoms with Crippen LogP contribution in [0.15, 0.2) is 108 Å². The van der Waals surface area contributed by atoms with Crippen LogP contribution in [-0.4, -0.2) is 74.9 Å². The van der Waals surface area contributed by atoms with Crippen LogP contribution in [0.2, 0.25) is 0 Å². The number of nitrogens with zero attached hydrogens (tertiary/aromatic N) is 4. The predicted octanol–water partition coefficient (Wildman–Crippen LogP) is 6.28. The van der Waals surface area contributed by atoms with Crippen LogP contribution in [0, 0.1) is 0 Å². The molecule has 3 aromatic rings. The maximum absolute atomic E-state index is 9.28. The van der Waals surface area contributed by atoms with Crippen LogP contribution < -0.4 is 14.4 Å². The predicted molar refractivity (Wildman–Crippen MR) is 195 cm³/mol. The van der Waals surface area contributed by atoms with E-state index in [0.717, 1.165) is 35.9 Å². The highest BCUT2D eigenvalue weighted by molar-refractivity contribution is 8.76. The van der Waals surface area contributed by atoms with Crippen molar-refractivity contribution in [1.82, 2.24) is 0 Å². The van der Waals surface area contributed by atoms with Gasteiger partial charge in [-0.05, 0) is 53.6 Å². The molecule has 0 spiro atoms. The molecule has 0 bridgehead atoms. The number of hydrogen-bond donors (Lipinski definition) is 2. The summed E-state index contributed by atoms with van der Waals surface area (Å²) in [6.07, 6.45) is 19.7. The van der Waals surface area contributed by atoms with Crippen LogP contribution in [0.25, 0.3) is 18.2 Å². The molecule has 3 rings (SSSR count). The Balaban J connectivity index is 1.31. The van der Waals surface area contributed by atoms with E-state index in [1.54, 1.807) is 6.21 Å². The summed E-state index contributed by atoms with van der Waals surface area (Å²) in [5.41, 5.74) is 5.83. The zero-order chi connectivity index (χ0) is 31.2. The molecule has 0 aliphatic carbocycles. The summed E-state index contributed by atoms with van der Waals surface area (Å²) < 4.78 is 2.05. The summed E-state index contributed by atoms with van der Waals surface area (Å²) in [5.74, 6) is 2.13. The van der Waals surface area contributed by atoms with Crippen LogP contribution in [0.3, 0.4) is 0 Å². The molecule has 232 valence electrons. The summed E-state index contributed by atoms with van der Waals surface area (Å²) in [7, 11) is 8.15. The average Bonchev–Trinajstić information content (AvgIpc) is 3.05. The van der Waals surface area contributed by atoms with Crippen LogP contribution >= 0.6 is 21.6 Å². The molecule has 0 aliphatic heterocycles. The molecule has 1 aromatic heterocycles. The Morgan fingerprint density at radius 1 is 0.682 bits per heavy atom. The molecule has 2 aromatic carbocycles. The minimum atomic E-state index is 0.0786. The minimum absolute atomic E-state index is 0.0786. The van der Waals surface area contributed by atoms with Gasteiger partial charge in [-0.3, -0.25) is 4.99 Å².